The van der Waals surface area contributed by atoms with Crippen molar-refractivity contribution in [2.45, 2.75) is 26.0 Å². The first-order chi connectivity index (χ1) is 10.2. The number of nitrogens with zero attached hydrogens (tertiary/aromatic N) is 1. The largest absolute Gasteiger partial charge is 0.375 e. The maximum absolute atomic E-state index is 12.6. The molecule has 1 heterocycles. The van der Waals surface area contributed by atoms with E-state index < -0.39 is 10.0 Å². The van der Waals surface area contributed by atoms with Crippen LogP contribution in [0.15, 0.2) is 18.2 Å². The van der Waals surface area contributed by atoms with Gasteiger partial charge in [-0.2, -0.15) is 0 Å². The minimum Gasteiger partial charge on any atom is -0.375 e. The smallest absolute Gasteiger partial charge is 0.254 e. The van der Waals surface area contributed by atoms with Crippen molar-refractivity contribution in [2.24, 2.45) is 0 Å². The summed E-state index contributed by atoms with van der Waals surface area (Å²) < 4.78 is 30.5. The number of hydrogen-bond acceptors (Lipinski definition) is 4. The van der Waals surface area contributed by atoms with E-state index in [1.807, 2.05) is 13.8 Å². The quantitative estimate of drug-likeness (QED) is 0.907. The second-order valence-corrected chi connectivity index (χ2v) is 7.67. The Hall–Kier alpha value is -1.31. The zero-order valence-electron chi connectivity index (χ0n) is 12.7. The third-order valence-corrected chi connectivity index (χ3v) is 4.30. The van der Waals surface area contributed by atoms with Gasteiger partial charge in [0, 0.05) is 12.1 Å². The maximum atomic E-state index is 12.6. The predicted molar refractivity (Wildman–Crippen MR) is 85.8 cm³/mol. The molecule has 0 saturated carbocycles. The van der Waals surface area contributed by atoms with E-state index in [1.54, 1.807) is 11.0 Å². The van der Waals surface area contributed by atoms with Gasteiger partial charge in [-0.3, -0.25) is 9.52 Å². The minimum absolute atomic E-state index is 0.0268. The average molecular weight is 347 g/mol. The lowest BCUT2D eigenvalue weighted by molar-refractivity contribution is -0.0387. The molecular weight excluding hydrogens is 328 g/mol. The van der Waals surface area contributed by atoms with Crippen LogP contribution in [-0.2, 0) is 14.8 Å². The van der Waals surface area contributed by atoms with Crippen LogP contribution in [0.1, 0.15) is 24.2 Å². The second kappa shape index (κ2) is 6.44. The second-order valence-electron chi connectivity index (χ2n) is 5.52. The molecular formula is C14H19ClN2O4S. The number of anilines is 1. The van der Waals surface area contributed by atoms with Gasteiger partial charge in [-0.1, -0.05) is 11.6 Å². The van der Waals surface area contributed by atoms with Crippen LogP contribution in [0.2, 0.25) is 5.02 Å². The Labute approximate surface area is 135 Å². The molecule has 0 aromatic heterocycles. The van der Waals surface area contributed by atoms with E-state index in [9.17, 15) is 13.2 Å². The van der Waals surface area contributed by atoms with Gasteiger partial charge in [-0.25, -0.2) is 8.42 Å². The Bertz CT molecular complexity index is 677. The topological polar surface area (TPSA) is 75.7 Å². The molecule has 6 nitrogen and oxygen atoms in total. The normalized spacial score (nSPS) is 22.5. The summed E-state index contributed by atoms with van der Waals surface area (Å²) >= 11 is 5.97. The maximum Gasteiger partial charge on any atom is 0.254 e. The van der Waals surface area contributed by atoms with Gasteiger partial charge in [0.2, 0.25) is 10.0 Å². The number of benzene rings is 1. The van der Waals surface area contributed by atoms with Crippen LogP contribution in [0.5, 0.6) is 0 Å². The molecule has 0 radical (unpaired) electrons. The van der Waals surface area contributed by atoms with Gasteiger partial charge in [0.1, 0.15) is 0 Å². The van der Waals surface area contributed by atoms with Crippen molar-refractivity contribution in [3.63, 3.8) is 0 Å². The van der Waals surface area contributed by atoms with Crippen molar-refractivity contribution in [2.75, 3.05) is 24.1 Å². The van der Waals surface area contributed by atoms with Crippen LogP contribution in [0.25, 0.3) is 0 Å². The Kier molecular flexibility index (Phi) is 4.99. The third-order valence-electron chi connectivity index (χ3n) is 3.38. The highest BCUT2D eigenvalue weighted by molar-refractivity contribution is 7.92. The highest BCUT2D eigenvalue weighted by Gasteiger charge is 2.28. The van der Waals surface area contributed by atoms with Crippen molar-refractivity contribution in [1.82, 2.24) is 4.90 Å². The Morgan fingerprint density at radius 3 is 2.73 bits per heavy atom. The molecule has 22 heavy (non-hydrogen) atoms. The van der Waals surface area contributed by atoms with Crippen molar-refractivity contribution < 1.29 is 17.9 Å². The first-order valence-electron chi connectivity index (χ1n) is 6.87. The van der Waals surface area contributed by atoms with Gasteiger partial charge in [-0.05, 0) is 32.0 Å². The first-order valence-corrected chi connectivity index (χ1v) is 9.14. The molecule has 0 spiro atoms. The average Bonchev–Trinajstić information content (AvgIpc) is 2.42. The van der Waals surface area contributed by atoms with Gasteiger partial charge in [0.25, 0.3) is 5.91 Å². The van der Waals surface area contributed by atoms with Crippen LogP contribution in [0.4, 0.5) is 5.69 Å². The lowest BCUT2D eigenvalue weighted by Crippen LogP contribution is -2.50. The molecule has 2 atom stereocenters. The molecule has 1 aromatic rings. The number of morpholine rings is 1. The molecule has 1 saturated heterocycles. The number of amides is 1. The number of hydrogen-bond donors (Lipinski definition) is 1. The van der Waals surface area contributed by atoms with Crippen LogP contribution in [0.3, 0.4) is 0 Å². The number of rotatable bonds is 3. The van der Waals surface area contributed by atoms with Crippen LogP contribution < -0.4 is 4.72 Å². The molecule has 0 bridgehead atoms. The zero-order valence-corrected chi connectivity index (χ0v) is 14.2. The van der Waals surface area contributed by atoms with Crippen LogP contribution in [0, 0.1) is 0 Å². The van der Waals surface area contributed by atoms with Crippen molar-refractivity contribution in [1.29, 1.82) is 0 Å². The molecule has 1 aliphatic heterocycles. The molecule has 1 fully saturated rings. The first kappa shape index (κ1) is 17.1. The van der Waals surface area contributed by atoms with E-state index in [2.05, 4.69) is 4.72 Å². The summed E-state index contributed by atoms with van der Waals surface area (Å²) in [7, 11) is -3.47. The standard InChI is InChI=1S/C14H19ClN2O4S/c1-9-8-21-10(2)7-17(9)14(18)11-4-5-12(15)13(6-11)16-22(3,19)20/h4-6,9-10,16H,7-8H2,1-3H3/t9-,10-/m0/s1. The van der Waals surface area contributed by atoms with E-state index >= 15 is 0 Å². The summed E-state index contributed by atoms with van der Waals surface area (Å²) in [6.07, 6.45) is 1.00. The summed E-state index contributed by atoms with van der Waals surface area (Å²) in [6.45, 7) is 4.80. The van der Waals surface area contributed by atoms with Gasteiger partial charge in [0.15, 0.2) is 0 Å². The van der Waals surface area contributed by atoms with E-state index in [4.69, 9.17) is 16.3 Å². The fraction of sp³-hybridized carbons (Fsp3) is 0.500. The summed E-state index contributed by atoms with van der Waals surface area (Å²) in [5.41, 5.74) is 0.584. The Morgan fingerprint density at radius 2 is 2.09 bits per heavy atom. The lowest BCUT2D eigenvalue weighted by Gasteiger charge is -2.36. The number of nitrogens with one attached hydrogen (secondary N) is 1. The van der Waals surface area contributed by atoms with Gasteiger partial charge < -0.3 is 9.64 Å². The fourth-order valence-electron chi connectivity index (χ4n) is 2.29. The van der Waals surface area contributed by atoms with Crippen LogP contribution in [-0.4, -0.2) is 50.8 Å². The Morgan fingerprint density at radius 1 is 1.41 bits per heavy atom. The summed E-state index contributed by atoms with van der Waals surface area (Å²) in [5, 5.41) is 0.241. The highest BCUT2D eigenvalue weighted by atomic mass is 35.5. The van der Waals surface area contributed by atoms with Crippen molar-refractivity contribution in [3.05, 3.63) is 28.8 Å². The SMILES string of the molecule is C[C@H]1CN(C(=O)c2ccc(Cl)c(NS(C)(=O)=O)c2)[C@@H](C)CO1. The van der Waals surface area contributed by atoms with E-state index in [0.29, 0.717) is 18.7 Å². The van der Waals surface area contributed by atoms with Crippen molar-refractivity contribution >= 4 is 33.2 Å². The molecule has 1 N–H and O–H groups in total. The molecule has 0 aliphatic carbocycles. The molecule has 0 unspecified atom stereocenters. The number of ether oxygens (including phenoxy) is 1. The van der Waals surface area contributed by atoms with Crippen LogP contribution >= 0.6 is 11.6 Å². The minimum atomic E-state index is -3.47. The van der Waals surface area contributed by atoms with Gasteiger partial charge >= 0.3 is 0 Å². The summed E-state index contributed by atoms with van der Waals surface area (Å²) in [6, 6.07) is 4.52. The number of halogens is 1. The molecule has 8 heteroatoms. The highest BCUT2D eigenvalue weighted by Crippen LogP contribution is 2.25. The lowest BCUT2D eigenvalue weighted by atomic mass is 10.1. The monoisotopic (exact) mass is 346 g/mol. The van der Waals surface area contributed by atoms with E-state index in [-0.39, 0.29) is 28.8 Å². The zero-order chi connectivity index (χ0) is 16.5. The number of carbonyl (C=O) groups excluding carboxylic acids is 1. The summed E-state index contributed by atoms with van der Waals surface area (Å²) in [5.74, 6) is -0.170. The molecule has 1 amide bonds. The van der Waals surface area contributed by atoms with E-state index in [1.165, 1.54) is 12.1 Å². The Balaban J connectivity index is 2.28. The third kappa shape index (κ3) is 4.12. The predicted octanol–water partition coefficient (Wildman–Crippen LogP) is 1.96. The molecule has 2 rings (SSSR count). The van der Waals surface area contributed by atoms with Crippen molar-refractivity contribution in [3.8, 4) is 0 Å². The van der Waals surface area contributed by atoms with E-state index in [0.717, 1.165) is 6.26 Å². The fourth-order valence-corrected chi connectivity index (χ4v) is 3.08. The molecule has 1 aromatic carbocycles. The number of sulfonamides is 1. The summed E-state index contributed by atoms with van der Waals surface area (Å²) in [4.78, 5) is 14.4. The molecule has 122 valence electrons. The molecule has 1 aliphatic rings. The number of carbonyl (C=O) groups is 1. The van der Waals surface area contributed by atoms with Gasteiger partial charge in [-0.15, -0.1) is 0 Å². The van der Waals surface area contributed by atoms with Gasteiger partial charge in [0.05, 0.1) is 35.7 Å².